The quantitative estimate of drug-likeness (QED) is 0.226. The van der Waals surface area contributed by atoms with Crippen LogP contribution in [0.2, 0.25) is 0 Å². The van der Waals surface area contributed by atoms with Crippen LogP contribution in [0.1, 0.15) is 45.4 Å². The van der Waals surface area contributed by atoms with Gasteiger partial charge < -0.3 is 0 Å². The molecular formula is C12H19NO3S. The minimum Gasteiger partial charge on any atom is -0.288 e. The summed E-state index contributed by atoms with van der Waals surface area (Å²) in [4.78, 5) is 20.7. The lowest BCUT2D eigenvalue weighted by Gasteiger charge is -1.93. The molecule has 0 fully saturated rings. The Morgan fingerprint density at radius 3 is 2.59 bits per heavy atom. The molecule has 0 saturated heterocycles. The maximum atomic E-state index is 10.5. The van der Waals surface area contributed by atoms with Crippen molar-refractivity contribution in [2.45, 2.75) is 45.4 Å². The summed E-state index contributed by atoms with van der Waals surface area (Å²) in [7, 11) is 0. The van der Waals surface area contributed by atoms with Crippen molar-refractivity contribution in [1.29, 1.82) is 0 Å². The molecule has 0 aliphatic carbocycles. The highest BCUT2D eigenvalue weighted by Crippen LogP contribution is 2.05. The van der Waals surface area contributed by atoms with Gasteiger partial charge in [-0.25, -0.2) is 0 Å². The molecule has 0 aliphatic heterocycles. The normalized spacial score (nSPS) is 12.0. The van der Waals surface area contributed by atoms with E-state index in [1.165, 1.54) is 0 Å². The first-order chi connectivity index (χ1) is 8.07. The highest BCUT2D eigenvalue weighted by atomic mass is 32.1. The molecule has 0 radical (unpaired) electrons. The van der Waals surface area contributed by atoms with Crippen molar-refractivity contribution in [3.63, 3.8) is 0 Å². The molecule has 0 saturated carbocycles. The second-order valence-electron chi connectivity index (χ2n) is 3.65. The van der Waals surface area contributed by atoms with E-state index < -0.39 is 0 Å². The van der Waals surface area contributed by atoms with Gasteiger partial charge in [-0.3, -0.25) is 14.9 Å². The van der Waals surface area contributed by atoms with Crippen LogP contribution in [-0.4, -0.2) is 10.0 Å². The Morgan fingerprint density at radius 1 is 1.35 bits per heavy atom. The van der Waals surface area contributed by atoms with E-state index in [0.29, 0.717) is 19.3 Å². The van der Waals surface area contributed by atoms with Gasteiger partial charge in [-0.2, -0.15) is 0 Å². The first kappa shape index (κ1) is 15.9. The summed E-state index contributed by atoms with van der Waals surface area (Å²) in [6, 6.07) is 0. The molecule has 96 valence electrons. The number of rotatable bonds is 9. The average molecular weight is 257 g/mol. The number of carbonyl (C=O) groups excluding carboxylic acids is 1. The second kappa shape index (κ2) is 10.1. The minimum atomic E-state index is -0.341. The minimum absolute atomic E-state index is 0.0736. The standard InChI is InChI=1S/C12H19NO3S/c1-2-11(13(15)16)9-7-5-3-4-6-8-10-12(14)17/h3,5,9H,2,4,6-8,10H2,1H3,(H,14,17). The zero-order valence-corrected chi connectivity index (χ0v) is 11.0. The van der Waals surface area contributed by atoms with Crippen molar-refractivity contribution in [3.8, 4) is 0 Å². The van der Waals surface area contributed by atoms with Crippen LogP contribution < -0.4 is 0 Å². The number of unbranched alkanes of at least 4 members (excludes halogenated alkanes) is 2. The van der Waals surface area contributed by atoms with Gasteiger partial charge in [0.2, 0.25) is 5.70 Å². The molecule has 4 nitrogen and oxygen atoms in total. The van der Waals surface area contributed by atoms with Gasteiger partial charge in [-0.15, -0.1) is 12.6 Å². The molecule has 0 amide bonds. The largest absolute Gasteiger partial charge is 0.288 e. The van der Waals surface area contributed by atoms with Crippen LogP contribution in [0.3, 0.4) is 0 Å². The molecule has 0 bridgehead atoms. The number of carbonyl (C=O) groups is 1. The Hall–Kier alpha value is -1.10. The van der Waals surface area contributed by atoms with E-state index in [2.05, 4.69) is 12.6 Å². The van der Waals surface area contributed by atoms with Gasteiger partial charge >= 0.3 is 0 Å². The monoisotopic (exact) mass is 257 g/mol. The Kier molecular flexibility index (Phi) is 9.43. The van der Waals surface area contributed by atoms with Crippen molar-refractivity contribution in [2.24, 2.45) is 0 Å². The molecule has 0 aliphatic rings. The first-order valence-corrected chi connectivity index (χ1v) is 6.22. The molecule has 0 aromatic rings. The van der Waals surface area contributed by atoms with Gasteiger partial charge in [0.1, 0.15) is 0 Å². The molecule has 0 unspecified atom stereocenters. The Balaban J connectivity index is 3.67. The van der Waals surface area contributed by atoms with Gasteiger partial charge in [0.25, 0.3) is 0 Å². The summed E-state index contributed by atoms with van der Waals surface area (Å²) in [5.74, 6) is 0. The molecule has 5 heteroatoms. The smallest absolute Gasteiger partial charge is 0.242 e. The van der Waals surface area contributed by atoms with Crippen molar-refractivity contribution in [3.05, 3.63) is 34.0 Å². The van der Waals surface area contributed by atoms with E-state index >= 15 is 0 Å². The van der Waals surface area contributed by atoms with E-state index in [-0.39, 0.29) is 15.7 Å². The van der Waals surface area contributed by atoms with Crippen LogP contribution in [0.15, 0.2) is 23.9 Å². The van der Waals surface area contributed by atoms with E-state index in [9.17, 15) is 14.9 Å². The molecule has 0 N–H and O–H groups in total. The van der Waals surface area contributed by atoms with E-state index in [0.717, 1.165) is 19.3 Å². The SMILES string of the molecule is CCC(=CCC=CCCCCC(=O)S)[N+](=O)[O-]. The average Bonchev–Trinajstić information content (AvgIpc) is 2.26. The summed E-state index contributed by atoms with van der Waals surface area (Å²) in [5.41, 5.74) is 0.260. The Bertz CT molecular complexity index is 311. The predicted octanol–water partition coefficient (Wildman–Crippen LogP) is 3.52. The van der Waals surface area contributed by atoms with Gasteiger partial charge in [0.05, 0.1) is 4.92 Å². The number of nitrogens with zero attached hydrogens (tertiary/aromatic N) is 1. The summed E-state index contributed by atoms with van der Waals surface area (Å²) >= 11 is 3.68. The number of hydrogen-bond donors (Lipinski definition) is 1. The maximum Gasteiger partial charge on any atom is 0.242 e. The van der Waals surface area contributed by atoms with Gasteiger partial charge in [-0.1, -0.05) is 19.1 Å². The van der Waals surface area contributed by atoms with Crippen LogP contribution in [-0.2, 0) is 4.79 Å². The maximum absolute atomic E-state index is 10.5. The predicted molar refractivity (Wildman–Crippen MR) is 71.6 cm³/mol. The Labute approximate surface area is 107 Å². The fraction of sp³-hybridized carbons (Fsp3) is 0.583. The third kappa shape index (κ3) is 9.81. The highest BCUT2D eigenvalue weighted by molar-refractivity contribution is 7.96. The van der Waals surface area contributed by atoms with Crippen molar-refractivity contribution in [1.82, 2.24) is 0 Å². The van der Waals surface area contributed by atoms with Crippen LogP contribution in [0.4, 0.5) is 0 Å². The summed E-state index contributed by atoms with van der Waals surface area (Å²) < 4.78 is 0. The molecule has 0 spiro atoms. The topological polar surface area (TPSA) is 60.2 Å². The molecule has 0 rings (SSSR count). The van der Waals surface area contributed by atoms with Crippen LogP contribution in [0, 0.1) is 10.1 Å². The van der Waals surface area contributed by atoms with Gasteiger partial charge in [0, 0.05) is 12.8 Å². The van der Waals surface area contributed by atoms with Crippen LogP contribution >= 0.6 is 12.6 Å². The van der Waals surface area contributed by atoms with Gasteiger partial charge in [0.15, 0.2) is 5.12 Å². The van der Waals surface area contributed by atoms with E-state index in [1.807, 2.05) is 12.2 Å². The summed E-state index contributed by atoms with van der Waals surface area (Å²) in [6.07, 6.45) is 9.79. The molecular weight excluding hydrogens is 238 g/mol. The van der Waals surface area contributed by atoms with Gasteiger partial charge in [-0.05, 0) is 31.8 Å². The number of allylic oxidation sites excluding steroid dienone is 4. The third-order valence-corrected chi connectivity index (χ3v) is 2.49. The zero-order valence-electron chi connectivity index (χ0n) is 10.1. The summed E-state index contributed by atoms with van der Waals surface area (Å²) in [5, 5.41) is 10.4. The second-order valence-corrected chi connectivity index (χ2v) is 4.15. The molecule has 0 heterocycles. The van der Waals surface area contributed by atoms with Crippen molar-refractivity contribution in [2.75, 3.05) is 0 Å². The Morgan fingerprint density at radius 2 is 2.06 bits per heavy atom. The molecule has 0 aromatic heterocycles. The highest BCUT2D eigenvalue weighted by Gasteiger charge is 2.04. The van der Waals surface area contributed by atoms with E-state index in [4.69, 9.17) is 0 Å². The lowest BCUT2D eigenvalue weighted by molar-refractivity contribution is -0.427. The third-order valence-electron chi connectivity index (χ3n) is 2.26. The van der Waals surface area contributed by atoms with Crippen LogP contribution in [0.25, 0.3) is 0 Å². The fourth-order valence-corrected chi connectivity index (χ4v) is 1.46. The molecule has 0 aromatic carbocycles. The fourth-order valence-electron chi connectivity index (χ4n) is 1.30. The van der Waals surface area contributed by atoms with Crippen molar-refractivity contribution < 1.29 is 9.72 Å². The van der Waals surface area contributed by atoms with Crippen molar-refractivity contribution >= 4 is 17.7 Å². The summed E-state index contributed by atoms with van der Waals surface area (Å²) in [6.45, 7) is 1.77. The zero-order chi connectivity index (χ0) is 13.1. The van der Waals surface area contributed by atoms with Crippen LogP contribution in [0.5, 0.6) is 0 Å². The number of nitro groups is 1. The molecule has 17 heavy (non-hydrogen) atoms. The molecule has 0 atom stereocenters. The number of hydrogen-bond acceptors (Lipinski definition) is 3. The lowest BCUT2D eigenvalue weighted by atomic mass is 10.2. The van der Waals surface area contributed by atoms with E-state index in [1.54, 1.807) is 13.0 Å². The first-order valence-electron chi connectivity index (χ1n) is 5.78. The lowest BCUT2D eigenvalue weighted by Crippen LogP contribution is -1.96. The number of thiol groups is 1.